The van der Waals surface area contributed by atoms with E-state index >= 15 is 0 Å². The first-order valence-electron chi connectivity index (χ1n) is 8.68. The van der Waals surface area contributed by atoms with Gasteiger partial charge in [-0.1, -0.05) is 25.1 Å². The van der Waals surface area contributed by atoms with Gasteiger partial charge in [-0.05, 0) is 18.1 Å². The van der Waals surface area contributed by atoms with Crippen molar-refractivity contribution < 1.29 is 4.79 Å². The van der Waals surface area contributed by atoms with E-state index in [1.165, 1.54) is 6.42 Å². The van der Waals surface area contributed by atoms with Crippen LogP contribution in [0.5, 0.6) is 0 Å². The summed E-state index contributed by atoms with van der Waals surface area (Å²) >= 11 is 2.05. The van der Waals surface area contributed by atoms with E-state index in [4.69, 9.17) is 0 Å². The number of benzene rings is 1. The lowest BCUT2D eigenvalue weighted by atomic mass is 10.2. The number of halogens is 1. The van der Waals surface area contributed by atoms with Crippen molar-refractivity contribution in [3.8, 4) is 0 Å². The van der Waals surface area contributed by atoms with E-state index in [-0.39, 0.29) is 29.9 Å². The Kier molecular flexibility index (Phi) is 7.86. The molecule has 1 saturated heterocycles. The van der Waals surface area contributed by atoms with Crippen LogP contribution in [0.2, 0.25) is 0 Å². The summed E-state index contributed by atoms with van der Waals surface area (Å²) in [5.41, 5.74) is 2.19. The fourth-order valence-electron chi connectivity index (χ4n) is 3.33. The Hall–Kier alpha value is -0.960. The largest absolute Gasteiger partial charge is 0.354 e. The molecule has 1 amide bonds. The molecule has 0 saturated carbocycles. The molecule has 1 aromatic rings. The second-order valence-corrected chi connectivity index (χ2v) is 7.58. The summed E-state index contributed by atoms with van der Waals surface area (Å²) in [5, 5.41) is 4.12. The van der Waals surface area contributed by atoms with Gasteiger partial charge in [0.05, 0.1) is 6.42 Å². The summed E-state index contributed by atoms with van der Waals surface area (Å²) in [6.45, 7) is 5.72. The van der Waals surface area contributed by atoms with Crippen LogP contribution in [0.4, 0.5) is 5.69 Å². The molecule has 7 heteroatoms. The van der Waals surface area contributed by atoms with Crippen LogP contribution in [0.1, 0.15) is 18.9 Å². The van der Waals surface area contributed by atoms with E-state index in [0.29, 0.717) is 24.8 Å². The zero-order valence-electron chi connectivity index (χ0n) is 14.9. The molecule has 3 rings (SSSR count). The van der Waals surface area contributed by atoms with Gasteiger partial charge < -0.3 is 15.1 Å². The molecule has 138 valence electrons. The van der Waals surface area contributed by atoms with Gasteiger partial charge in [0.1, 0.15) is 0 Å². The Bertz CT molecular complexity index is 625. The predicted octanol–water partition coefficient (Wildman–Crippen LogP) is 2.60. The number of nitrogens with one attached hydrogen (secondary N) is 1. The summed E-state index contributed by atoms with van der Waals surface area (Å²) in [6.07, 6.45) is 1.71. The third-order valence-corrected chi connectivity index (χ3v) is 6.02. The Morgan fingerprint density at radius 3 is 2.96 bits per heavy atom. The second-order valence-electron chi connectivity index (χ2n) is 6.17. The van der Waals surface area contributed by atoms with Gasteiger partial charge in [0.15, 0.2) is 5.96 Å². The topological polar surface area (TPSA) is 47.9 Å². The smallest absolute Gasteiger partial charge is 0.231 e. The molecule has 2 heterocycles. The third-order valence-electron chi connectivity index (χ3n) is 4.65. The molecule has 25 heavy (non-hydrogen) atoms. The van der Waals surface area contributed by atoms with E-state index in [9.17, 15) is 4.79 Å². The Labute approximate surface area is 171 Å². The number of carbonyl (C=O) groups is 1. The number of anilines is 1. The van der Waals surface area contributed by atoms with Gasteiger partial charge in [-0.15, -0.1) is 24.0 Å². The van der Waals surface area contributed by atoms with Crippen molar-refractivity contribution in [1.29, 1.82) is 0 Å². The molecule has 1 unspecified atom stereocenters. The van der Waals surface area contributed by atoms with Gasteiger partial charge in [-0.25, -0.2) is 0 Å². The molecule has 2 aliphatic heterocycles. The maximum absolute atomic E-state index is 12.2. The van der Waals surface area contributed by atoms with Gasteiger partial charge in [0, 0.05) is 49.9 Å². The van der Waals surface area contributed by atoms with Crippen molar-refractivity contribution in [1.82, 2.24) is 10.2 Å². The lowest BCUT2D eigenvalue weighted by Crippen LogP contribution is -2.49. The van der Waals surface area contributed by atoms with Crippen molar-refractivity contribution >= 4 is 53.3 Å². The molecule has 2 aliphatic rings. The van der Waals surface area contributed by atoms with E-state index in [0.717, 1.165) is 36.1 Å². The quantitative estimate of drug-likeness (QED) is 0.414. The van der Waals surface area contributed by atoms with Crippen molar-refractivity contribution in [2.24, 2.45) is 4.99 Å². The number of fused-ring (bicyclic) bond motifs is 1. The number of carbonyl (C=O) groups excluding carboxylic acids is 1. The van der Waals surface area contributed by atoms with E-state index < -0.39 is 0 Å². The molecular weight excluding hydrogens is 447 g/mol. The molecular formula is C18H27IN4OS. The first kappa shape index (κ1) is 20.4. The average Bonchev–Trinajstić information content (AvgIpc) is 2.94. The first-order valence-corrected chi connectivity index (χ1v) is 9.73. The van der Waals surface area contributed by atoms with Gasteiger partial charge in [0.25, 0.3) is 0 Å². The summed E-state index contributed by atoms with van der Waals surface area (Å²) in [5.74, 6) is 2.29. The van der Waals surface area contributed by atoms with Crippen LogP contribution in [-0.2, 0) is 11.2 Å². The number of aliphatic imine (C=N–C) groups is 1. The van der Waals surface area contributed by atoms with Crippen molar-refractivity contribution in [2.75, 3.05) is 43.9 Å². The minimum Gasteiger partial charge on any atom is -0.354 e. The number of guanidine groups is 1. The number of rotatable bonds is 4. The van der Waals surface area contributed by atoms with Crippen LogP contribution < -0.4 is 10.2 Å². The fraction of sp³-hybridized carbons (Fsp3) is 0.556. The van der Waals surface area contributed by atoms with Gasteiger partial charge in [0.2, 0.25) is 5.91 Å². The maximum atomic E-state index is 12.2. The summed E-state index contributed by atoms with van der Waals surface area (Å²) in [4.78, 5) is 20.9. The van der Waals surface area contributed by atoms with Crippen molar-refractivity contribution in [3.05, 3.63) is 29.8 Å². The lowest BCUT2D eigenvalue weighted by molar-refractivity contribution is -0.117. The number of nitrogens with zero attached hydrogens (tertiary/aromatic N) is 3. The molecule has 0 aromatic heterocycles. The molecule has 5 nitrogen and oxygen atoms in total. The number of amides is 1. The highest BCUT2D eigenvalue weighted by Crippen LogP contribution is 2.27. The molecule has 1 atom stereocenters. The predicted molar refractivity (Wildman–Crippen MR) is 117 cm³/mol. The highest BCUT2D eigenvalue weighted by molar-refractivity contribution is 14.0. The van der Waals surface area contributed by atoms with Crippen LogP contribution in [-0.4, -0.2) is 61.0 Å². The lowest BCUT2D eigenvalue weighted by Gasteiger charge is -2.34. The van der Waals surface area contributed by atoms with Crippen LogP contribution in [0.15, 0.2) is 29.3 Å². The number of para-hydroxylation sites is 1. The third kappa shape index (κ3) is 4.81. The van der Waals surface area contributed by atoms with Crippen molar-refractivity contribution in [2.45, 2.75) is 25.0 Å². The summed E-state index contributed by atoms with van der Waals surface area (Å²) in [6, 6.07) is 8.06. The molecule has 0 aliphatic carbocycles. The van der Waals surface area contributed by atoms with Crippen LogP contribution >= 0.6 is 35.7 Å². The Morgan fingerprint density at radius 1 is 1.40 bits per heavy atom. The SMILES string of the molecule is CCC1CN(C(=NC)NCCN2C(=O)Cc3ccccc32)CCS1.I. The zero-order chi connectivity index (χ0) is 16.9. The summed E-state index contributed by atoms with van der Waals surface area (Å²) < 4.78 is 0. The standard InChI is InChI=1S/C18H26N4OS.HI/c1-3-15-13-21(10-11-24-15)18(19-2)20-8-9-22-16-7-5-4-6-14(16)12-17(22)23;/h4-7,15H,3,8-13H2,1-2H3,(H,19,20);1H. The highest BCUT2D eigenvalue weighted by atomic mass is 127. The molecule has 1 fully saturated rings. The van der Waals surface area contributed by atoms with Crippen molar-refractivity contribution in [3.63, 3.8) is 0 Å². The molecule has 1 aromatic carbocycles. The normalized spacial score (nSPS) is 20.3. The summed E-state index contributed by atoms with van der Waals surface area (Å²) in [7, 11) is 1.83. The molecule has 0 spiro atoms. The monoisotopic (exact) mass is 474 g/mol. The second kappa shape index (κ2) is 9.66. The molecule has 1 N–H and O–H groups in total. The maximum Gasteiger partial charge on any atom is 0.231 e. The van der Waals surface area contributed by atoms with Gasteiger partial charge in [-0.3, -0.25) is 9.79 Å². The highest BCUT2D eigenvalue weighted by Gasteiger charge is 2.26. The molecule has 0 bridgehead atoms. The van der Waals surface area contributed by atoms with Crippen LogP contribution in [0.25, 0.3) is 0 Å². The van der Waals surface area contributed by atoms with E-state index in [2.05, 4.69) is 33.9 Å². The van der Waals surface area contributed by atoms with Crippen LogP contribution in [0, 0.1) is 0 Å². The molecule has 0 radical (unpaired) electrons. The zero-order valence-corrected chi connectivity index (χ0v) is 18.0. The van der Waals surface area contributed by atoms with E-state index in [1.807, 2.05) is 36.2 Å². The number of hydrogen-bond donors (Lipinski definition) is 1. The van der Waals surface area contributed by atoms with E-state index in [1.54, 1.807) is 0 Å². The number of thioether (sulfide) groups is 1. The number of hydrogen-bond acceptors (Lipinski definition) is 3. The average molecular weight is 474 g/mol. The fourth-order valence-corrected chi connectivity index (χ4v) is 4.51. The minimum absolute atomic E-state index is 0. The minimum atomic E-state index is 0. The van der Waals surface area contributed by atoms with Crippen LogP contribution in [0.3, 0.4) is 0 Å². The Morgan fingerprint density at radius 2 is 2.20 bits per heavy atom. The first-order chi connectivity index (χ1) is 11.7. The van der Waals surface area contributed by atoms with Gasteiger partial charge in [-0.2, -0.15) is 11.8 Å². The Balaban J connectivity index is 0.00000225. The van der Waals surface area contributed by atoms with Gasteiger partial charge >= 0.3 is 0 Å².